The maximum absolute atomic E-state index is 11.0. The van der Waals surface area contributed by atoms with Crippen LogP contribution in [0.4, 0.5) is 0 Å². The van der Waals surface area contributed by atoms with Crippen LogP contribution in [0.1, 0.15) is 35.3 Å². The molecule has 0 heterocycles. The first-order chi connectivity index (χ1) is 8.34. The highest BCUT2D eigenvalue weighted by Crippen LogP contribution is 2.43. The van der Waals surface area contributed by atoms with E-state index < -0.39 is 7.82 Å². The topological polar surface area (TPSA) is 83.8 Å². The van der Waals surface area contributed by atoms with Crippen LogP contribution in [0.2, 0.25) is 5.02 Å². The summed E-state index contributed by atoms with van der Waals surface area (Å²) in [6.07, 6.45) is 1.52. The molecule has 2 N–H and O–H groups in total. The van der Waals surface area contributed by atoms with Gasteiger partial charge in [-0.25, -0.2) is 4.57 Å². The number of benzene rings is 1. The van der Waals surface area contributed by atoms with Gasteiger partial charge in [0.25, 0.3) is 0 Å². The summed E-state index contributed by atoms with van der Waals surface area (Å²) in [4.78, 5) is 28.7. The van der Waals surface area contributed by atoms with E-state index in [2.05, 4.69) is 4.52 Å². The predicted octanol–water partition coefficient (Wildman–Crippen LogP) is 2.75. The van der Waals surface area contributed by atoms with Crippen molar-refractivity contribution in [2.24, 2.45) is 0 Å². The van der Waals surface area contributed by atoms with Crippen LogP contribution in [-0.4, -0.2) is 16.1 Å². The molecule has 1 aromatic rings. The van der Waals surface area contributed by atoms with Gasteiger partial charge in [-0.1, -0.05) is 25.4 Å². The molecule has 7 heteroatoms. The summed E-state index contributed by atoms with van der Waals surface area (Å²) in [6.45, 7) is 3.64. The van der Waals surface area contributed by atoms with Crippen molar-refractivity contribution in [1.29, 1.82) is 0 Å². The number of halogens is 1. The standard InChI is InChI=1S/C11H14ClO5P/c1-3-7-5-8(6-13)11(17-18(14,15)16)9(4-2)10(7)12/h5-6H,3-4H2,1-2H3,(H2,14,15,16). The zero-order chi connectivity index (χ0) is 13.9. The molecular formula is C11H14ClO5P. The van der Waals surface area contributed by atoms with Crippen LogP contribution in [-0.2, 0) is 17.4 Å². The number of aryl methyl sites for hydroxylation is 1. The number of hydrogen-bond donors (Lipinski definition) is 2. The molecule has 0 fully saturated rings. The summed E-state index contributed by atoms with van der Waals surface area (Å²) >= 11 is 6.12. The summed E-state index contributed by atoms with van der Waals surface area (Å²) < 4.78 is 15.5. The Hall–Kier alpha value is -0.870. The average Bonchev–Trinajstić information content (AvgIpc) is 2.28. The lowest BCUT2D eigenvalue weighted by molar-refractivity contribution is 0.112. The van der Waals surface area contributed by atoms with E-state index in [0.717, 1.165) is 5.56 Å². The minimum atomic E-state index is -4.73. The lowest BCUT2D eigenvalue weighted by atomic mass is 10.0. The van der Waals surface area contributed by atoms with E-state index >= 15 is 0 Å². The molecule has 100 valence electrons. The van der Waals surface area contributed by atoms with Gasteiger partial charge in [-0.3, -0.25) is 14.6 Å². The summed E-state index contributed by atoms with van der Waals surface area (Å²) in [6, 6.07) is 1.49. The molecule has 0 amide bonds. The van der Waals surface area contributed by atoms with Gasteiger partial charge < -0.3 is 4.52 Å². The molecule has 0 atom stereocenters. The fourth-order valence-electron chi connectivity index (χ4n) is 1.67. The molecule has 0 unspecified atom stereocenters. The van der Waals surface area contributed by atoms with Crippen molar-refractivity contribution in [3.8, 4) is 5.75 Å². The monoisotopic (exact) mass is 292 g/mol. The average molecular weight is 293 g/mol. The molecule has 0 aliphatic carbocycles. The normalized spacial score (nSPS) is 11.4. The van der Waals surface area contributed by atoms with Gasteiger partial charge in [0, 0.05) is 5.56 Å². The minimum Gasteiger partial charge on any atom is -0.403 e. The molecule has 0 aliphatic heterocycles. The molecule has 0 radical (unpaired) electrons. The Morgan fingerprint density at radius 3 is 2.39 bits per heavy atom. The highest BCUT2D eigenvalue weighted by atomic mass is 35.5. The van der Waals surface area contributed by atoms with E-state index in [9.17, 15) is 9.36 Å². The maximum atomic E-state index is 11.0. The van der Waals surface area contributed by atoms with E-state index in [1.807, 2.05) is 6.92 Å². The number of phosphoric ester groups is 1. The van der Waals surface area contributed by atoms with Gasteiger partial charge in [0.15, 0.2) is 6.29 Å². The fourth-order valence-corrected chi connectivity index (χ4v) is 2.53. The van der Waals surface area contributed by atoms with E-state index in [1.165, 1.54) is 6.07 Å². The van der Waals surface area contributed by atoms with Crippen LogP contribution in [0, 0.1) is 0 Å². The van der Waals surface area contributed by atoms with Gasteiger partial charge in [0.05, 0.1) is 10.6 Å². The number of phosphoric acid groups is 1. The minimum absolute atomic E-state index is 0.0939. The molecule has 0 saturated carbocycles. The zero-order valence-corrected chi connectivity index (χ0v) is 11.7. The molecule has 0 bridgehead atoms. The Morgan fingerprint density at radius 2 is 2.00 bits per heavy atom. The molecule has 0 aliphatic rings. The molecule has 1 rings (SSSR count). The quantitative estimate of drug-likeness (QED) is 0.644. The van der Waals surface area contributed by atoms with Gasteiger partial charge >= 0.3 is 7.82 Å². The van der Waals surface area contributed by atoms with Gasteiger partial charge in [0.2, 0.25) is 0 Å². The summed E-state index contributed by atoms with van der Waals surface area (Å²) in [5, 5.41) is 0.383. The smallest absolute Gasteiger partial charge is 0.403 e. The first-order valence-electron chi connectivity index (χ1n) is 5.38. The lowest BCUT2D eigenvalue weighted by Gasteiger charge is -2.16. The highest BCUT2D eigenvalue weighted by Gasteiger charge is 2.23. The van der Waals surface area contributed by atoms with Gasteiger partial charge in [-0.15, -0.1) is 0 Å². The van der Waals surface area contributed by atoms with E-state index in [-0.39, 0.29) is 11.3 Å². The fraction of sp³-hybridized carbons (Fsp3) is 0.364. The van der Waals surface area contributed by atoms with E-state index in [1.54, 1.807) is 6.92 Å². The molecule has 5 nitrogen and oxygen atoms in total. The Morgan fingerprint density at radius 1 is 1.39 bits per heavy atom. The second-order valence-electron chi connectivity index (χ2n) is 3.65. The van der Waals surface area contributed by atoms with Crippen molar-refractivity contribution in [3.05, 3.63) is 27.8 Å². The largest absolute Gasteiger partial charge is 0.524 e. The van der Waals surface area contributed by atoms with Crippen molar-refractivity contribution in [2.75, 3.05) is 0 Å². The highest BCUT2D eigenvalue weighted by molar-refractivity contribution is 7.46. The third-order valence-corrected chi connectivity index (χ3v) is 3.38. The number of rotatable bonds is 5. The Balaban J connectivity index is 3.51. The molecular weight excluding hydrogens is 279 g/mol. The van der Waals surface area contributed by atoms with Gasteiger partial charge in [-0.05, 0) is 24.5 Å². The Kier molecular flexibility index (Phi) is 4.93. The molecule has 0 aromatic heterocycles. The van der Waals surface area contributed by atoms with Crippen molar-refractivity contribution in [3.63, 3.8) is 0 Å². The number of hydrogen-bond acceptors (Lipinski definition) is 3. The third kappa shape index (κ3) is 3.33. The van der Waals surface area contributed by atoms with Gasteiger partial charge in [-0.2, -0.15) is 0 Å². The van der Waals surface area contributed by atoms with Crippen LogP contribution in [0.15, 0.2) is 6.07 Å². The van der Waals surface area contributed by atoms with Crippen molar-refractivity contribution in [2.45, 2.75) is 26.7 Å². The van der Waals surface area contributed by atoms with Crippen LogP contribution in [0.3, 0.4) is 0 Å². The van der Waals surface area contributed by atoms with Gasteiger partial charge in [0.1, 0.15) is 5.75 Å². The van der Waals surface area contributed by atoms with Crippen molar-refractivity contribution >= 4 is 25.7 Å². The molecule has 1 aromatic carbocycles. The summed E-state index contributed by atoms with van der Waals surface area (Å²) in [5.74, 6) is -0.136. The SMILES string of the molecule is CCc1cc(C=O)c(OP(=O)(O)O)c(CC)c1Cl. The molecule has 0 saturated heterocycles. The first-order valence-corrected chi connectivity index (χ1v) is 7.29. The van der Waals surface area contributed by atoms with Crippen molar-refractivity contribution < 1.29 is 23.7 Å². The third-order valence-electron chi connectivity index (χ3n) is 2.48. The number of carbonyl (C=O) groups excluding carboxylic acids is 1. The molecule has 18 heavy (non-hydrogen) atoms. The number of aldehydes is 1. The van der Waals surface area contributed by atoms with Crippen LogP contribution >= 0.6 is 19.4 Å². The Labute approximate surface area is 110 Å². The lowest BCUT2D eigenvalue weighted by Crippen LogP contribution is -2.02. The zero-order valence-electron chi connectivity index (χ0n) is 10.0. The number of carbonyl (C=O) groups is 1. The summed E-state index contributed by atoms with van der Waals surface area (Å²) in [7, 11) is -4.73. The maximum Gasteiger partial charge on any atom is 0.524 e. The van der Waals surface area contributed by atoms with E-state index in [4.69, 9.17) is 21.4 Å². The summed E-state index contributed by atoms with van der Waals surface area (Å²) in [5.41, 5.74) is 1.27. The second-order valence-corrected chi connectivity index (χ2v) is 5.20. The second kappa shape index (κ2) is 5.85. The van der Waals surface area contributed by atoms with Crippen LogP contribution in [0.25, 0.3) is 0 Å². The van der Waals surface area contributed by atoms with Crippen LogP contribution in [0.5, 0.6) is 5.75 Å². The van der Waals surface area contributed by atoms with Crippen molar-refractivity contribution in [1.82, 2.24) is 0 Å². The Bertz CT molecular complexity index is 509. The first kappa shape index (κ1) is 15.2. The van der Waals surface area contributed by atoms with E-state index in [0.29, 0.717) is 29.7 Å². The van der Waals surface area contributed by atoms with Crippen LogP contribution < -0.4 is 4.52 Å². The predicted molar refractivity (Wildman–Crippen MR) is 68.3 cm³/mol. The molecule has 0 spiro atoms.